The maximum absolute atomic E-state index is 13.3. The molecule has 6 aliphatic heterocycles. The Kier molecular flexibility index (Phi) is 33.0. The molecular formula is C97H106B3Br5IMgN21O9. The van der Waals surface area contributed by atoms with E-state index in [1.807, 2.05) is 211 Å². The number of fused-ring (bicyclic) bond motifs is 3. The van der Waals surface area contributed by atoms with Crippen molar-refractivity contribution in [2.75, 3.05) is 4.90 Å². The molecule has 40 heteroatoms. The first-order chi connectivity index (χ1) is 64.6. The molecule has 2 N–H and O–H groups in total. The Morgan fingerprint density at radius 3 is 1.20 bits per heavy atom. The van der Waals surface area contributed by atoms with Crippen LogP contribution < -0.4 is 38.0 Å². The van der Waals surface area contributed by atoms with Gasteiger partial charge in [-0.15, -0.1) is 20.4 Å². The molecule has 3 saturated heterocycles. The molecule has 706 valence electrons. The Bertz CT molecular complexity index is 6150. The van der Waals surface area contributed by atoms with E-state index >= 15 is 0 Å². The van der Waals surface area contributed by atoms with E-state index in [9.17, 15) is 14.4 Å². The fourth-order valence-corrected chi connectivity index (χ4v) is 16.2. The van der Waals surface area contributed by atoms with Crippen LogP contribution in [0.4, 0.5) is 5.82 Å². The van der Waals surface area contributed by atoms with Crippen LogP contribution in [0.25, 0.3) is 45.3 Å². The third-order valence-electron chi connectivity index (χ3n) is 26.0. The van der Waals surface area contributed by atoms with Crippen molar-refractivity contribution in [1.29, 1.82) is 0 Å². The molecular weight excluding hydrogens is 2190 g/mol. The van der Waals surface area contributed by atoms with Crippen LogP contribution in [-0.4, -0.2) is 185 Å². The van der Waals surface area contributed by atoms with E-state index in [-0.39, 0.29) is 98.5 Å². The number of halogens is 6. The van der Waals surface area contributed by atoms with Gasteiger partial charge in [0.2, 0.25) is 0 Å². The normalized spacial score (nSPS) is 19.3. The van der Waals surface area contributed by atoms with Crippen molar-refractivity contribution in [3.8, 4) is 45.3 Å². The van der Waals surface area contributed by atoms with Crippen molar-refractivity contribution in [3.05, 3.63) is 251 Å². The first-order valence-electron chi connectivity index (χ1n) is 45.9. The molecule has 13 aliphatic rings. The average molecular weight is 2290 g/mol. The molecule has 7 aliphatic carbocycles. The topological polar surface area (TPSA) is 350 Å². The van der Waals surface area contributed by atoms with Gasteiger partial charge in [0.05, 0.1) is 49.1 Å². The first kappa shape index (κ1) is 103. The second-order valence-electron chi connectivity index (χ2n) is 38.4. The molecule has 25 rings (SSSR count). The number of benzene rings is 3. The van der Waals surface area contributed by atoms with Gasteiger partial charge in [0.25, 0.3) is 17.7 Å². The van der Waals surface area contributed by atoms with Crippen molar-refractivity contribution in [3.63, 3.8) is 0 Å². The molecule has 0 spiro atoms. The summed E-state index contributed by atoms with van der Waals surface area (Å²) in [5.74, 6) is 8.38. The molecule has 3 amide bonds. The van der Waals surface area contributed by atoms with E-state index in [4.69, 9.17) is 32.9 Å². The maximum Gasteiger partial charge on any atom is 2.00 e. The predicted octanol–water partition coefficient (Wildman–Crippen LogP) is 16.0. The Morgan fingerprint density at radius 1 is 0.416 bits per heavy atom. The minimum atomic E-state index is -0.476. The summed E-state index contributed by atoms with van der Waals surface area (Å²) in [5, 5.41) is 22.0. The van der Waals surface area contributed by atoms with Gasteiger partial charge in [-0.1, -0.05) is 58.4 Å². The van der Waals surface area contributed by atoms with E-state index in [2.05, 4.69) is 188 Å². The SMILES string of the molecule is Brc1cccc(-c2nncn2C2CC2)n1.Brc1cnc(C2CC2)nc1.Brc1cnc(I)nc1.CC1(C)OB(B2OC(C)(C)C(C)(C)O2)OC1(C)C.CC1(C)OB(c2cnc(C3CC3)nc2)OC1(C)C.O=C1NCc2ccc(-c3cnc(C4CC4)nc3)cc21.O=C1NCc2ccc(Br)cc21.O=C1c2cc(-c3cnc(C4CC4)nc3)ccc2CN1c1cccc(-c2nncn2C2CC2)n1.[Br-].[CH-]1CC1.[Mg+2]. The molecule has 0 bridgehead atoms. The predicted molar refractivity (Wildman–Crippen MR) is 542 cm³/mol. The van der Waals surface area contributed by atoms with Crippen molar-refractivity contribution < 1.29 is 59.3 Å². The number of carbonyl (C=O) groups is 3. The molecule has 12 aromatic rings. The molecule has 0 unspecified atom stereocenters. The summed E-state index contributed by atoms with van der Waals surface area (Å²) in [6.45, 7) is 26.2. The summed E-state index contributed by atoms with van der Waals surface area (Å²) in [5.41, 5.74) is 9.67. The van der Waals surface area contributed by atoms with Crippen LogP contribution in [0.5, 0.6) is 0 Å². The Hall–Kier alpha value is -8.10. The minimum Gasteiger partial charge on any atom is -1.00 e. The molecule has 15 heterocycles. The van der Waals surface area contributed by atoms with Gasteiger partial charge >= 0.3 is 44.2 Å². The van der Waals surface area contributed by atoms with Crippen LogP contribution in [0.3, 0.4) is 0 Å². The van der Waals surface area contributed by atoms with Gasteiger partial charge in [-0.05, 0) is 284 Å². The van der Waals surface area contributed by atoms with Crippen LogP contribution in [0.2, 0.25) is 0 Å². The summed E-state index contributed by atoms with van der Waals surface area (Å²) in [7, 11) is -1.31. The largest absolute Gasteiger partial charge is 2.00 e. The van der Waals surface area contributed by atoms with Crippen molar-refractivity contribution in [1.82, 2.24) is 100.0 Å². The van der Waals surface area contributed by atoms with Crippen LogP contribution in [0.15, 0.2) is 184 Å². The van der Waals surface area contributed by atoms with E-state index < -0.39 is 14.0 Å². The fraction of sp³-hybridized carbons (Fsp3) is 0.423. The molecule has 10 fully saturated rings. The third-order valence-corrected chi connectivity index (χ3v) is 28.3. The number of carbonyl (C=O) groups excluding carboxylic acids is 3. The van der Waals surface area contributed by atoms with Crippen LogP contribution in [0, 0.1) is 10.3 Å². The van der Waals surface area contributed by atoms with Gasteiger partial charge in [0.1, 0.15) is 57.8 Å². The quantitative estimate of drug-likeness (QED) is 0.0356. The smallest absolute Gasteiger partial charge is 1.00 e. The maximum atomic E-state index is 13.3. The van der Waals surface area contributed by atoms with E-state index in [0.717, 1.165) is 137 Å². The van der Waals surface area contributed by atoms with E-state index in [1.54, 1.807) is 42.3 Å². The second kappa shape index (κ2) is 43.8. The van der Waals surface area contributed by atoms with Gasteiger partial charge < -0.3 is 71.1 Å². The second-order valence-corrected chi connectivity index (χ2v) is 42.9. The average Bonchev–Trinajstić information content (AvgIpc) is 1.59. The zero-order valence-electron chi connectivity index (χ0n) is 78.5. The first-order valence-corrected chi connectivity index (χ1v) is 50.1. The zero-order valence-corrected chi connectivity index (χ0v) is 90.0. The van der Waals surface area contributed by atoms with Gasteiger partial charge in [-0.2, -0.15) is 0 Å². The van der Waals surface area contributed by atoms with Crippen molar-refractivity contribution in [2.24, 2.45) is 0 Å². The standard InChI is InChI=1S/C25H21N7O.C15H13N3O.C13H19BN2O2.C12H24B2O4.C10H9BrN4.C8H6BrNO.C7H7BrN2.C4H2BrIN2.C3H5.BrH.Mg/c33-25-20-10-16(18-11-26-23(27-12-18)15-4-5-15)6-7-17(20)13-31(25)22-3-1-2-21(29-22)24-30-28-14-32(24)19-8-9-19;19-15-13-5-10(3-4-11(13)6-18-15)12-7-16-14(17-8-12)9-1-2-9;1-12(2)13(3,4)18-14(17-12)10-7-15-11(16-8-10)9-5-6-9;1-9(2)10(3,4)16-13(15-9)14-17-11(5,6)12(7,8)18-14;11-9-3-1-2-8(13-9)10-14-12-6-15(10)7-4-5-7;9-6-2-1-5-4-10-8(11)7(5)3-6;8-6-3-9-7(10-4-6)5-1-2-5;5-3-1-7-4(6)8-2-3;1-2-3-1;;/h1-3,6-7,10-12,14-15,19H,4-5,8-9,13H2;3-5,7-9H,1-2,6H2,(H,18,19);7-9H,5-6H2,1-4H3;1-8H3;1-3,6-7H,4-5H2;1-3H,4H2,(H,10,11);3-5H,1-2H2;1-2H;1H,2-3H2;1H;/q;;;;;;;;-1;;+2/p-1. The molecule has 137 heavy (non-hydrogen) atoms. The van der Waals surface area contributed by atoms with E-state index in [1.165, 1.54) is 77.0 Å². The number of nitrogens with zero attached hydrogens (tertiary/aromatic N) is 19. The summed E-state index contributed by atoms with van der Waals surface area (Å²) in [6.07, 6.45) is 41.2. The number of hydrogen-bond donors (Lipinski definition) is 2. The van der Waals surface area contributed by atoms with Crippen molar-refractivity contribution in [2.45, 2.75) is 262 Å². The van der Waals surface area contributed by atoms with Gasteiger partial charge in [-0.25, -0.2) is 72.6 Å². The molecule has 30 nitrogen and oxygen atoms in total. The van der Waals surface area contributed by atoms with Crippen LogP contribution >= 0.6 is 86.3 Å². The van der Waals surface area contributed by atoms with Crippen LogP contribution in [0.1, 0.15) is 280 Å². The Labute approximate surface area is 873 Å². The molecule has 9 aromatic heterocycles. The molecule has 7 saturated carbocycles. The summed E-state index contributed by atoms with van der Waals surface area (Å²) in [6, 6.07) is 30.2. The molecule has 0 radical (unpaired) electrons. The Balaban J connectivity index is 0.000000122. The van der Waals surface area contributed by atoms with Gasteiger partial charge in [0, 0.05) is 171 Å². The Morgan fingerprint density at radius 2 is 0.788 bits per heavy atom. The molecule has 3 aromatic carbocycles. The zero-order chi connectivity index (χ0) is 94.9. The number of anilines is 1. The summed E-state index contributed by atoms with van der Waals surface area (Å²) < 4.78 is 44.4. The third kappa shape index (κ3) is 26.1. The summed E-state index contributed by atoms with van der Waals surface area (Å²) >= 11 is 15.2. The number of nitrogens with one attached hydrogen (secondary N) is 2. The molecule has 0 atom stereocenters. The van der Waals surface area contributed by atoms with Gasteiger partial charge in [-0.3, -0.25) is 19.3 Å². The minimum absolute atomic E-state index is 0. The van der Waals surface area contributed by atoms with Crippen LogP contribution in [-0.2, 0) is 47.6 Å². The van der Waals surface area contributed by atoms with Gasteiger partial charge in [0.15, 0.2) is 15.5 Å². The fourth-order valence-electron chi connectivity index (χ4n) is 14.8. The number of aromatic nitrogens is 18. The number of amides is 3. The summed E-state index contributed by atoms with van der Waals surface area (Å²) in [4.78, 5) is 89.8. The number of hydrogen-bond acceptors (Lipinski definition) is 25. The number of rotatable bonds is 13. The number of pyridine rings is 2. The van der Waals surface area contributed by atoms with Crippen molar-refractivity contribution >= 4 is 160 Å². The monoisotopic (exact) mass is 2290 g/mol. The van der Waals surface area contributed by atoms with E-state index in [0.29, 0.717) is 66.8 Å².